The van der Waals surface area contributed by atoms with E-state index in [9.17, 15) is 14.4 Å². The van der Waals surface area contributed by atoms with Crippen LogP contribution in [0.2, 0.25) is 0 Å². The molecule has 0 saturated heterocycles. The Bertz CT molecular complexity index is 488. The first-order valence-corrected chi connectivity index (χ1v) is 6.81. The smallest absolute Gasteiger partial charge is 0.305 e. The van der Waals surface area contributed by atoms with Gasteiger partial charge >= 0.3 is 5.97 Å². The Kier molecular flexibility index (Phi) is 6.94. The minimum absolute atomic E-state index is 0.0704. The van der Waals surface area contributed by atoms with Crippen LogP contribution in [0.4, 0.5) is 5.69 Å². The SMILES string of the molecule is CCOC(=O)CC[C@@H](NC(C)=O)C(=O)Nc1ccccc1. The van der Waals surface area contributed by atoms with Crippen molar-refractivity contribution in [3.05, 3.63) is 30.3 Å². The van der Waals surface area contributed by atoms with E-state index in [1.807, 2.05) is 6.07 Å². The van der Waals surface area contributed by atoms with Crippen LogP contribution in [0.1, 0.15) is 26.7 Å². The zero-order chi connectivity index (χ0) is 15.7. The molecule has 0 aliphatic heterocycles. The molecule has 0 spiro atoms. The van der Waals surface area contributed by atoms with E-state index in [2.05, 4.69) is 10.6 Å². The van der Waals surface area contributed by atoms with E-state index >= 15 is 0 Å². The molecule has 0 aromatic heterocycles. The summed E-state index contributed by atoms with van der Waals surface area (Å²) in [7, 11) is 0. The minimum Gasteiger partial charge on any atom is -0.466 e. The van der Waals surface area contributed by atoms with Gasteiger partial charge in [0.25, 0.3) is 0 Å². The Morgan fingerprint density at radius 3 is 2.43 bits per heavy atom. The second-order valence-corrected chi connectivity index (χ2v) is 4.45. The van der Waals surface area contributed by atoms with Crippen molar-refractivity contribution in [3.63, 3.8) is 0 Å². The van der Waals surface area contributed by atoms with Crippen molar-refractivity contribution in [2.75, 3.05) is 11.9 Å². The molecule has 114 valence electrons. The van der Waals surface area contributed by atoms with Gasteiger partial charge in [-0.25, -0.2) is 0 Å². The summed E-state index contributed by atoms with van der Waals surface area (Å²) < 4.78 is 4.81. The summed E-state index contributed by atoms with van der Waals surface area (Å²) in [5, 5.41) is 5.24. The molecule has 0 unspecified atom stereocenters. The molecule has 1 aromatic carbocycles. The van der Waals surface area contributed by atoms with Crippen LogP contribution in [0, 0.1) is 0 Å². The van der Waals surface area contributed by atoms with Gasteiger partial charge < -0.3 is 15.4 Å². The van der Waals surface area contributed by atoms with E-state index in [1.54, 1.807) is 31.2 Å². The molecule has 0 bridgehead atoms. The molecule has 6 heteroatoms. The number of nitrogens with one attached hydrogen (secondary N) is 2. The largest absolute Gasteiger partial charge is 0.466 e. The van der Waals surface area contributed by atoms with Crippen LogP contribution in [0.5, 0.6) is 0 Å². The number of rotatable bonds is 7. The molecule has 6 nitrogen and oxygen atoms in total. The fourth-order valence-electron chi connectivity index (χ4n) is 1.76. The van der Waals surface area contributed by atoms with Gasteiger partial charge in [0.1, 0.15) is 6.04 Å². The molecular weight excluding hydrogens is 272 g/mol. The second kappa shape index (κ2) is 8.73. The van der Waals surface area contributed by atoms with Crippen molar-refractivity contribution in [1.82, 2.24) is 5.32 Å². The first kappa shape index (κ1) is 16.7. The van der Waals surface area contributed by atoms with Crippen LogP contribution in [0.15, 0.2) is 30.3 Å². The van der Waals surface area contributed by atoms with Gasteiger partial charge in [0.05, 0.1) is 6.61 Å². The number of hydrogen-bond acceptors (Lipinski definition) is 4. The third-order valence-electron chi connectivity index (χ3n) is 2.68. The van der Waals surface area contributed by atoms with Gasteiger partial charge in [-0.3, -0.25) is 14.4 Å². The van der Waals surface area contributed by atoms with E-state index in [4.69, 9.17) is 4.74 Å². The molecule has 0 aliphatic carbocycles. The van der Waals surface area contributed by atoms with E-state index in [1.165, 1.54) is 6.92 Å². The average Bonchev–Trinajstić information content (AvgIpc) is 2.44. The summed E-state index contributed by atoms with van der Waals surface area (Å²) in [5.41, 5.74) is 0.633. The van der Waals surface area contributed by atoms with Gasteiger partial charge in [-0.1, -0.05) is 18.2 Å². The molecule has 0 radical (unpaired) electrons. The lowest BCUT2D eigenvalue weighted by atomic mass is 10.1. The molecule has 21 heavy (non-hydrogen) atoms. The van der Waals surface area contributed by atoms with Crippen molar-refractivity contribution in [2.45, 2.75) is 32.7 Å². The number of para-hydroxylation sites is 1. The van der Waals surface area contributed by atoms with Crippen molar-refractivity contribution < 1.29 is 19.1 Å². The maximum Gasteiger partial charge on any atom is 0.305 e. The van der Waals surface area contributed by atoms with Gasteiger partial charge in [-0.15, -0.1) is 0 Å². The summed E-state index contributed by atoms with van der Waals surface area (Å²) >= 11 is 0. The van der Waals surface area contributed by atoms with Crippen LogP contribution in [0.3, 0.4) is 0 Å². The predicted octanol–water partition coefficient (Wildman–Crippen LogP) is 1.47. The first-order chi connectivity index (χ1) is 10.0. The van der Waals surface area contributed by atoms with E-state index < -0.39 is 6.04 Å². The van der Waals surface area contributed by atoms with E-state index in [0.29, 0.717) is 12.3 Å². The Hall–Kier alpha value is -2.37. The number of esters is 1. The second-order valence-electron chi connectivity index (χ2n) is 4.45. The molecule has 0 aliphatic rings. The van der Waals surface area contributed by atoms with Crippen LogP contribution < -0.4 is 10.6 Å². The molecule has 1 rings (SSSR count). The molecule has 0 saturated carbocycles. The molecule has 0 heterocycles. The monoisotopic (exact) mass is 292 g/mol. The fraction of sp³-hybridized carbons (Fsp3) is 0.400. The molecule has 2 N–H and O–H groups in total. The highest BCUT2D eigenvalue weighted by Gasteiger charge is 2.21. The molecule has 1 aromatic rings. The quantitative estimate of drug-likeness (QED) is 0.745. The van der Waals surface area contributed by atoms with Crippen LogP contribution in [-0.2, 0) is 19.1 Å². The van der Waals surface area contributed by atoms with E-state index in [-0.39, 0.29) is 30.6 Å². The Morgan fingerprint density at radius 2 is 1.86 bits per heavy atom. The van der Waals surface area contributed by atoms with Gasteiger partial charge in [0, 0.05) is 19.0 Å². The highest BCUT2D eigenvalue weighted by atomic mass is 16.5. The third-order valence-corrected chi connectivity index (χ3v) is 2.68. The number of benzene rings is 1. The van der Waals surface area contributed by atoms with Gasteiger partial charge in [0.15, 0.2) is 0 Å². The summed E-state index contributed by atoms with van der Waals surface area (Å²) in [6.45, 7) is 3.33. The Balaban J connectivity index is 2.61. The Morgan fingerprint density at radius 1 is 1.19 bits per heavy atom. The zero-order valence-corrected chi connectivity index (χ0v) is 12.2. The number of amides is 2. The number of anilines is 1. The maximum absolute atomic E-state index is 12.1. The van der Waals surface area contributed by atoms with Crippen molar-refractivity contribution >= 4 is 23.5 Å². The minimum atomic E-state index is -0.771. The van der Waals surface area contributed by atoms with Crippen molar-refractivity contribution in [1.29, 1.82) is 0 Å². The predicted molar refractivity (Wildman–Crippen MR) is 78.5 cm³/mol. The first-order valence-electron chi connectivity index (χ1n) is 6.81. The van der Waals surface area contributed by atoms with Crippen LogP contribution in [-0.4, -0.2) is 30.4 Å². The third kappa shape index (κ3) is 6.56. The van der Waals surface area contributed by atoms with Gasteiger partial charge in [-0.05, 0) is 25.5 Å². The lowest BCUT2D eigenvalue weighted by molar-refractivity contribution is -0.143. The Labute approximate surface area is 123 Å². The number of carbonyl (C=O) groups excluding carboxylic acids is 3. The van der Waals surface area contributed by atoms with Crippen molar-refractivity contribution in [2.24, 2.45) is 0 Å². The standard InChI is InChI=1S/C15H20N2O4/c1-3-21-14(19)10-9-13(16-11(2)18)15(20)17-12-7-5-4-6-8-12/h4-8,13H,3,9-10H2,1-2H3,(H,16,18)(H,17,20)/t13-/m1/s1. The summed E-state index contributed by atoms with van der Waals surface area (Å²) in [6.07, 6.45) is 0.262. The number of carbonyl (C=O) groups is 3. The lowest BCUT2D eigenvalue weighted by Gasteiger charge is -2.17. The fourth-order valence-corrected chi connectivity index (χ4v) is 1.76. The zero-order valence-electron chi connectivity index (χ0n) is 12.2. The molecule has 0 fully saturated rings. The molecule has 1 atom stereocenters. The molecular formula is C15H20N2O4. The summed E-state index contributed by atoms with van der Waals surface area (Å²) in [6, 6.07) is 8.14. The highest BCUT2D eigenvalue weighted by Crippen LogP contribution is 2.08. The average molecular weight is 292 g/mol. The lowest BCUT2D eigenvalue weighted by Crippen LogP contribution is -2.43. The van der Waals surface area contributed by atoms with Crippen LogP contribution >= 0.6 is 0 Å². The van der Waals surface area contributed by atoms with Gasteiger partial charge in [0.2, 0.25) is 11.8 Å². The van der Waals surface area contributed by atoms with E-state index in [0.717, 1.165) is 0 Å². The number of ether oxygens (including phenoxy) is 1. The summed E-state index contributed by atoms with van der Waals surface area (Å²) in [5.74, 6) is -1.08. The van der Waals surface area contributed by atoms with Crippen LogP contribution in [0.25, 0.3) is 0 Å². The maximum atomic E-state index is 12.1. The summed E-state index contributed by atoms with van der Waals surface area (Å²) in [4.78, 5) is 34.7. The van der Waals surface area contributed by atoms with Crippen molar-refractivity contribution in [3.8, 4) is 0 Å². The van der Waals surface area contributed by atoms with Gasteiger partial charge in [-0.2, -0.15) is 0 Å². The topological polar surface area (TPSA) is 84.5 Å². The molecule has 2 amide bonds. The normalized spacial score (nSPS) is 11.3. The highest BCUT2D eigenvalue weighted by molar-refractivity contribution is 5.97. The number of hydrogen-bond donors (Lipinski definition) is 2.